The summed E-state index contributed by atoms with van der Waals surface area (Å²) >= 11 is 0. The number of hydrogen-bond acceptors (Lipinski definition) is 8. The number of fused-ring (bicyclic) bond motifs is 1. The molecule has 43 heavy (non-hydrogen) atoms. The zero-order valence-electron chi connectivity index (χ0n) is 24.8. The molecule has 0 unspecified atom stereocenters. The number of para-hydroxylation sites is 1. The van der Waals surface area contributed by atoms with Gasteiger partial charge in [-0.1, -0.05) is 36.4 Å². The molecule has 1 aromatic heterocycles. The molecule has 0 bridgehead atoms. The van der Waals surface area contributed by atoms with Gasteiger partial charge < -0.3 is 15.8 Å². The highest BCUT2D eigenvalue weighted by Gasteiger charge is 2.37. The minimum atomic E-state index is -3.97. The molecular weight excluding hydrogens is 566 g/mol. The number of nitrogens with zero attached hydrogens (tertiary/aromatic N) is 2. The van der Waals surface area contributed by atoms with E-state index in [4.69, 9.17) is 0 Å². The number of aromatic nitrogens is 2. The van der Waals surface area contributed by atoms with E-state index in [0.29, 0.717) is 5.69 Å². The molecule has 0 saturated heterocycles. The van der Waals surface area contributed by atoms with E-state index in [2.05, 4.69) is 57.2 Å². The van der Waals surface area contributed by atoms with Gasteiger partial charge >= 0.3 is 0 Å². The van der Waals surface area contributed by atoms with Crippen molar-refractivity contribution in [3.8, 4) is 5.75 Å². The molecule has 12 heteroatoms. The topological polar surface area (TPSA) is 151 Å². The van der Waals surface area contributed by atoms with Crippen LogP contribution in [-0.2, 0) is 16.6 Å². The lowest BCUT2D eigenvalue weighted by Gasteiger charge is -2.37. The van der Waals surface area contributed by atoms with Gasteiger partial charge in [-0.15, -0.1) is 5.53 Å². The zero-order chi connectivity index (χ0) is 30.9. The normalized spacial score (nSPS) is 13.8. The van der Waals surface area contributed by atoms with Crippen molar-refractivity contribution in [3.63, 3.8) is 0 Å². The lowest BCUT2D eigenvalue weighted by Crippen LogP contribution is -2.48. The molecule has 0 saturated carbocycles. The fourth-order valence-electron chi connectivity index (χ4n) is 5.64. The molecule has 0 spiro atoms. The lowest BCUT2D eigenvalue weighted by molar-refractivity contribution is 0.0900. The first kappa shape index (κ1) is 30.1. The molecular formula is C31H37N7O4S. The second-order valence-electron chi connectivity index (χ2n) is 11.2. The van der Waals surface area contributed by atoms with Crippen LogP contribution in [0.5, 0.6) is 5.75 Å². The summed E-state index contributed by atoms with van der Waals surface area (Å²) in [4.78, 5) is 13.0. The minimum Gasteiger partial charge on any atom is -0.507 e. The van der Waals surface area contributed by atoms with Crippen molar-refractivity contribution < 1.29 is 18.3 Å². The van der Waals surface area contributed by atoms with Crippen molar-refractivity contribution in [3.05, 3.63) is 100 Å². The predicted octanol–water partition coefficient (Wildman–Crippen LogP) is 4.22. The average molecular weight is 604 g/mol. The molecule has 1 aliphatic rings. The van der Waals surface area contributed by atoms with Gasteiger partial charge in [0.1, 0.15) is 16.3 Å². The second kappa shape index (κ2) is 11.7. The number of phenolic OH excluding ortho intramolecular Hbond substituents is 1. The summed E-state index contributed by atoms with van der Waals surface area (Å²) in [6, 6.07) is 17.6. The molecule has 226 valence electrons. The number of aromatic hydroxyl groups is 1. The Balaban J connectivity index is 1.55. The third-order valence-electron chi connectivity index (χ3n) is 7.94. The number of hydrogen-bond donors (Lipinski definition) is 6. The summed E-state index contributed by atoms with van der Waals surface area (Å²) in [7, 11) is -3.97. The number of anilines is 2. The molecule has 0 aliphatic carbocycles. The van der Waals surface area contributed by atoms with Crippen molar-refractivity contribution in [2.24, 2.45) is 0 Å². The van der Waals surface area contributed by atoms with Crippen LogP contribution in [0.2, 0.25) is 0 Å². The van der Waals surface area contributed by atoms with Gasteiger partial charge in [-0.3, -0.25) is 14.9 Å². The van der Waals surface area contributed by atoms with E-state index in [0.717, 1.165) is 45.7 Å². The number of amides is 1. The molecule has 1 atom stereocenters. The molecule has 2 heterocycles. The molecule has 4 aromatic rings. The molecule has 0 fully saturated rings. The molecule has 3 aromatic carbocycles. The van der Waals surface area contributed by atoms with Gasteiger partial charge in [-0.2, -0.15) is 5.10 Å². The summed E-state index contributed by atoms with van der Waals surface area (Å²) < 4.78 is 28.7. The first-order valence-electron chi connectivity index (χ1n) is 14.0. The van der Waals surface area contributed by atoms with E-state index in [1.165, 1.54) is 18.3 Å². The van der Waals surface area contributed by atoms with Crippen molar-refractivity contribution in [1.29, 1.82) is 0 Å². The van der Waals surface area contributed by atoms with E-state index in [-0.39, 0.29) is 29.0 Å². The van der Waals surface area contributed by atoms with Crippen LogP contribution in [0.1, 0.15) is 65.0 Å². The van der Waals surface area contributed by atoms with Crippen LogP contribution in [0, 0.1) is 13.8 Å². The Bertz CT molecular complexity index is 1750. The first-order chi connectivity index (χ1) is 20.4. The van der Waals surface area contributed by atoms with Crippen LogP contribution in [0.3, 0.4) is 0 Å². The number of H-pyrrole nitrogens is 1. The number of aromatic amines is 1. The number of aryl methyl sites for hydroxylation is 1. The van der Waals surface area contributed by atoms with Gasteiger partial charge in [-0.25, -0.2) is 13.1 Å². The SMILES string of the molecule is CCN1NNc2c1ccc([C@H](c1ccc(C)c(CNS(=O)(=O)c3ccccc3O)c1)C(C)(C)NC(=O)c1ccn[nH]1)c2C. The second-order valence-corrected chi connectivity index (χ2v) is 12.9. The highest BCUT2D eigenvalue weighted by Crippen LogP contribution is 2.43. The van der Waals surface area contributed by atoms with E-state index in [9.17, 15) is 18.3 Å². The molecule has 5 rings (SSSR count). The maximum Gasteiger partial charge on any atom is 0.269 e. The van der Waals surface area contributed by atoms with E-state index >= 15 is 0 Å². The Morgan fingerprint density at radius 2 is 1.86 bits per heavy atom. The molecule has 6 N–H and O–H groups in total. The highest BCUT2D eigenvalue weighted by molar-refractivity contribution is 7.89. The Morgan fingerprint density at radius 1 is 1.09 bits per heavy atom. The Morgan fingerprint density at radius 3 is 2.56 bits per heavy atom. The number of carbonyl (C=O) groups is 1. The van der Waals surface area contributed by atoms with Gasteiger partial charge in [-0.05, 0) is 86.7 Å². The highest BCUT2D eigenvalue weighted by atomic mass is 32.2. The van der Waals surface area contributed by atoms with E-state index < -0.39 is 15.6 Å². The number of carbonyl (C=O) groups excluding carboxylic acids is 1. The van der Waals surface area contributed by atoms with Crippen LogP contribution in [-0.4, -0.2) is 41.7 Å². The summed E-state index contributed by atoms with van der Waals surface area (Å²) in [6.45, 7) is 10.8. The van der Waals surface area contributed by atoms with Crippen LogP contribution < -0.4 is 26.0 Å². The number of benzene rings is 3. The minimum absolute atomic E-state index is 0.0180. The number of rotatable bonds is 10. The van der Waals surface area contributed by atoms with Crippen molar-refractivity contribution in [2.75, 3.05) is 17.0 Å². The summed E-state index contributed by atoms with van der Waals surface area (Å²) in [6.07, 6.45) is 1.53. The molecule has 1 amide bonds. The lowest BCUT2D eigenvalue weighted by atomic mass is 9.74. The van der Waals surface area contributed by atoms with Gasteiger partial charge in [0.2, 0.25) is 10.0 Å². The van der Waals surface area contributed by atoms with Crippen molar-refractivity contribution >= 4 is 27.3 Å². The fourth-order valence-corrected chi connectivity index (χ4v) is 6.74. The van der Waals surface area contributed by atoms with Gasteiger partial charge in [0.15, 0.2) is 0 Å². The Kier molecular flexibility index (Phi) is 8.19. The third kappa shape index (κ3) is 5.94. The molecule has 11 nitrogen and oxygen atoms in total. The Hall–Kier alpha value is -4.39. The average Bonchev–Trinajstić information content (AvgIpc) is 3.65. The third-order valence-corrected chi connectivity index (χ3v) is 9.38. The van der Waals surface area contributed by atoms with Crippen molar-refractivity contribution in [2.45, 2.75) is 57.5 Å². The van der Waals surface area contributed by atoms with Crippen LogP contribution in [0.4, 0.5) is 11.4 Å². The van der Waals surface area contributed by atoms with Crippen LogP contribution in [0.25, 0.3) is 0 Å². The summed E-state index contributed by atoms with van der Waals surface area (Å²) in [5.74, 6) is -0.922. The van der Waals surface area contributed by atoms with E-state index in [1.54, 1.807) is 18.2 Å². The summed E-state index contributed by atoms with van der Waals surface area (Å²) in [5, 5.41) is 22.0. The van der Waals surface area contributed by atoms with Gasteiger partial charge in [0.25, 0.3) is 5.91 Å². The number of sulfonamides is 1. The zero-order valence-corrected chi connectivity index (χ0v) is 25.6. The summed E-state index contributed by atoms with van der Waals surface area (Å²) in [5.41, 5.74) is 12.6. The number of hydrazine groups is 2. The molecule has 1 aliphatic heterocycles. The van der Waals surface area contributed by atoms with Gasteiger partial charge in [0, 0.05) is 30.7 Å². The standard InChI is InChI=1S/C31H37N7O4S/c1-6-38-25-14-13-23(20(3)29(25)36-37-38)28(31(4,5)34-30(40)24-15-16-32-35-24)21-12-11-19(2)22(17-21)18-33-43(41,42)27-10-8-7-9-26(27)39/h7-17,28,33,36-37,39H,6,18H2,1-5H3,(H,32,35)(H,34,40)/t28-/m0/s1. The Labute approximate surface area is 251 Å². The monoisotopic (exact) mass is 603 g/mol. The quantitative estimate of drug-likeness (QED) is 0.158. The van der Waals surface area contributed by atoms with Crippen LogP contribution in [0.15, 0.2) is 71.8 Å². The van der Waals surface area contributed by atoms with Gasteiger partial charge in [0.05, 0.1) is 11.4 Å². The van der Waals surface area contributed by atoms with Crippen LogP contribution >= 0.6 is 0 Å². The molecule has 0 radical (unpaired) electrons. The maximum atomic E-state index is 13.2. The van der Waals surface area contributed by atoms with Crippen molar-refractivity contribution in [1.82, 2.24) is 25.8 Å². The first-order valence-corrected chi connectivity index (χ1v) is 15.5. The smallest absolute Gasteiger partial charge is 0.269 e. The predicted molar refractivity (Wildman–Crippen MR) is 166 cm³/mol. The fraction of sp³-hybridized carbons (Fsp3) is 0.290. The number of nitrogens with one attached hydrogen (secondary N) is 5. The maximum absolute atomic E-state index is 13.2. The number of phenols is 1. The largest absolute Gasteiger partial charge is 0.507 e. The van der Waals surface area contributed by atoms with E-state index in [1.807, 2.05) is 44.0 Å².